The van der Waals surface area contributed by atoms with Crippen LogP contribution in [0.1, 0.15) is 62.1 Å². The zero-order valence-corrected chi connectivity index (χ0v) is 23.7. The van der Waals surface area contributed by atoms with Gasteiger partial charge in [-0.25, -0.2) is 14.7 Å². The van der Waals surface area contributed by atoms with Crippen LogP contribution in [0.5, 0.6) is 11.5 Å². The van der Waals surface area contributed by atoms with Gasteiger partial charge in [-0.3, -0.25) is 28.8 Å². The topological polar surface area (TPSA) is 121 Å². The summed E-state index contributed by atoms with van der Waals surface area (Å²) in [4.78, 5) is 82.0. The Morgan fingerprint density at radius 1 is 0.326 bits per heavy atom. The van der Waals surface area contributed by atoms with Crippen LogP contribution in [0, 0.1) is 0 Å². The molecule has 0 atom stereocenters. The molecule has 0 fully saturated rings. The molecule has 5 aromatic rings. The Morgan fingerprint density at radius 2 is 0.696 bits per heavy atom. The number of nitrogens with zero attached hydrogens (tertiary/aromatic N) is 3. The molecule has 220 valence electrons. The first kappa shape index (κ1) is 26.9. The Balaban J connectivity index is 1.05. The van der Waals surface area contributed by atoms with Gasteiger partial charge >= 0.3 is 0 Å². The van der Waals surface area contributed by atoms with Gasteiger partial charge in [0.1, 0.15) is 11.5 Å². The molecule has 0 N–H and O–H groups in total. The van der Waals surface area contributed by atoms with Crippen LogP contribution in [-0.4, -0.2) is 35.4 Å². The average molecular weight is 606 g/mol. The highest BCUT2D eigenvalue weighted by molar-refractivity contribution is 6.36. The quantitative estimate of drug-likeness (QED) is 0.229. The Morgan fingerprint density at radius 3 is 1.17 bits per heavy atom. The van der Waals surface area contributed by atoms with Crippen LogP contribution in [0.25, 0.3) is 0 Å². The maximum atomic E-state index is 13.6. The largest absolute Gasteiger partial charge is 0.457 e. The van der Waals surface area contributed by atoms with Crippen LogP contribution in [0.4, 0.5) is 17.1 Å². The number of anilines is 3. The second-order valence-electron chi connectivity index (χ2n) is 10.8. The average Bonchev–Trinajstić information content (AvgIpc) is 3.59. The lowest BCUT2D eigenvalue weighted by atomic mass is 10.1. The molecule has 0 radical (unpaired) electrons. The van der Waals surface area contributed by atoms with E-state index in [0.29, 0.717) is 22.6 Å². The molecule has 0 aliphatic carbocycles. The van der Waals surface area contributed by atoms with Crippen molar-refractivity contribution in [1.82, 2.24) is 0 Å². The Bertz CT molecular complexity index is 2170. The van der Waals surface area contributed by atoms with Crippen molar-refractivity contribution >= 4 is 52.5 Å². The molecule has 3 heterocycles. The molecule has 10 nitrogen and oxygen atoms in total. The van der Waals surface area contributed by atoms with Crippen molar-refractivity contribution in [2.24, 2.45) is 0 Å². The third kappa shape index (κ3) is 3.90. The maximum Gasteiger partial charge on any atom is 0.266 e. The molecule has 3 aliphatic heterocycles. The smallest absolute Gasteiger partial charge is 0.266 e. The summed E-state index contributed by atoms with van der Waals surface area (Å²) in [6.07, 6.45) is 0. The predicted octanol–water partition coefficient (Wildman–Crippen LogP) is 5.88. The molecule has 0 aromatic heterocycles. The summed E-state index contributed by atoms with van der Waals surface area (Å²) < 4.78 is 6.00. The zero-order chi connectivity index (χ0) is 31.7. The van der Waals surface area contributed by atoms with Gasteiger partial charge in [-0.1, -0.05) is 36.4 Å². The molecular formula is C36H19N3O7. The zero-order valence-electron chi connectivity index (χ0n) is 23.7. The minimum Gasteiger partial charge on any atom is -0.457 e. The molecular weight excluding hydrogens is 586 g/mol. The number of hydrogen-bond donors (Lipinski definition) is 0. The fourth-order valence-electron chi connectivity index (χ4n) is 5.96. The van der Waals surface area contributed by atoms with Gasteiger partial charge in [-0.05, 0) is 72.8 Å². The first-order chi connectivity index (χ1) is 22.3. The van der Waals surface area contributed by atoms with E-state index in [0.717, 1.165) is 14.7 Å². The van der Waals surface area contributed by atoms with Crippen molar-refractivity contribution < 1.29 is 33.5 Å². The van der Waals surface area contributed by atoms with E-state index in [1.165, 1.54) is 24.3 Å². The second kappa shape index (κ2) is 9.93. The number of rotatable bonds is 5. The van der Waals surface area contributed by atoms with Crippen molar-refractivity contribution in [1.29, 1.82) is 0 Å². The number of benzene rings is 5. The highest BCUT2D eigenvalue weighted by Gasteiger charge is 2.40. The van der Waals surface area contributed by atoms with Gasteiger partial charge in [0.05, 0.1) is 50.4 Å². The van der Waals surface area contributed by atoms with Crippen LogP contribution in [0.2, 0.25) is 0 Å². The normalized spacial score (nSPS) is 15.1. The summed E-state index contributed by atoms with van der Waals surface area (Å²) >= 11 is 0. The van der Waals surface area contributed by atoms with Gasteiger partial charge in [0.15, 0.2) is 0 Å². The van der Waals surface area contributed by atoms with Crippen molar-refractivity contribution in [3.63, 3.8) is 0 Å². The fourth-order valence-corrected chi connectivity index (χ4v) is 5.96. The number of hydrogen-bond acceptors (Lipinski definition) is 7. The van der Waals surface area contributed by atoms with Gasteiger partial charge in [0.25, 0.3) is 35.4 Å². The van der Waals surface area contributed by atoms with E-state index in [1.807, 2.05) is 0 Å². The molecule has 5 aromatic carbocycles. The first-order valence-electron chi connectivity index (χ1n) is 14.2. The molecule has 0 unspecified atom stereocenters. The molecule has 3 aliphatic rings. The minimum atomic E-state index is -0.607. The molecule has 0 spiro atoms. The number of amides is 6. The molecule has 0 saturated carbocycles. The van der Waals surface area contributed by atoms with Gasteiger partial charge in [0.2, 0.25) is 0 Å². The van der Waals surface area contributed by atoms with E-state index in [4.69, 9.17) is 4.74 Å². The molecule has 46 heavy (non-hydrogen) atoms. The first-order valence-corrected chi connectivity index (χ1v) is 14.2. The van der Waals surface area contributed by atoms with Crippen molar-refractivity contribution in [3.8, 4) is 11.5 Å². The van der Waals surface area contributed by atoms with Crippen LogP contribution in [0.3, 0.4) is 0 Å². The van der Waals surface area contributed by atoms with Gasteiger partial charge in [0, 0.05) is 6.07 Å². The van der Waals surface area contributed by atoms with Crippen molar-refractivity contribution in [2.45, 2.75) is 0 Å². The summed E-state index contributed by atoms with van der Waals surface area (Å²) in [7, 11) is 0. The van der Waals surface area contributed by atoms with Gasteiger partial charge in [-0.2, -0.15) is 0 Å². The summed E-state index contributed by atoms with van der Waals surface area (Å²) in [6, 6.07) is 30.1. The van der Waals surface area contributed by atoms with E-state index in [-0.39, 0.29) is 39.4 Å². The van der Waals surface area contributed by atoms with Crippen LogP contribution < -0.4 is 19.4 Å². The van der Waals surface area contributed by atoms with E-state index in [1.54, 1.807) is 91.0 Å². The highest BCUT2D eigenvalue weighted by Crippen LogP contribution is 2.37. The molecule has 0 bridgehead atoms. The number of carbonyl (C=O) groups excluding carboxylic acids is 6. The summed E-state index contributed by atoms with van der Waals surface area (Å²) in [6.45, 7) is 0. The van der Waals surface area contributed by atoms with Crippen molar-refractivity contribution in [3.05, 3.63) is 149 Å². The Labute approximate surface area is 260 Å². The molecule has 10 heteroatoms. The number of carbonyl (C=O) groups is 6. The highest BCUT2D eigenvalue weighted by atomic mass is 16.5. The lowest BCUT2D eigenvalue weighted by Crippen LogP contribution is -2.31. The summed E-state index contributed by atoms with van der Waals surface area (Å²) in [5.74, 6) is -2.48. The lowest BCUT2D eigenvalue weighted by Gasteiger charge is -2.18. The van der Waals surface area contributed by atoms with E-state index >= 15 is 0 Å². The van der Waals surface area contributed by atoms with Crippen molar-refractivity contribution in [2.75, 3.05) is 14.7 Å². The van der Waals surface area contributed by atoms with E-state index in [2.05, 4.69) is 0 Å². The number of fused-ring (bicyclic) bond motifs is 3. The minimum absolute atomic E-state index is 0.102. The Hall–Kier alpha value is -6.68. The van der Waals surface area contributed by atoms with E-state index < -0.39 is 35.4 Å². The second-order valence-corrected chi connectivity index (χ2v) is 10.8. The molecule has 8 rings (SSSR count). The molecule has 0 saturated heterocycles. The van der Waals surface area contributed by atoms with Crippen LogP contribution in [-0.2, 0) is 0 Å². The third-order valence-electron chi connectivity index (χ3n) is 8.10. The monoisotopic (exact) mass is 605 g/mol. The standard InChI is InChI=1S/C36H19N3O7/c40-31-25-11-1-2-12-26(25)32(41)37(31)20-7-5-8-21(17-20)38-35(44)29-16-15-24(19-30(29)36(38)45)46-23-10-6-9-22(18-23)39-33(42)27-13-3-4-14-28(27)34(39)43/h1-19H. The maximum absolute atomic E-state index is 13.6. The predicted molar refractivity (Wildman–Crippen MR) is 166 cm³/mol. The lowest BCUT2D eigenvalue weighted by molar-refractivity contribution is 0.0909. The Kier molecular flexibility index (Phi) is 5.81. The van der Waals surface area contributed by atoms with Crippen LogP contribution >= 0.6 is 0 Å². The van der Waals surface area contributed by atoms with E-state index in [9.17, 15) is 28.8 Å². The third-order valence-corrected chi connectivity index (χ3v) is 8.10. The summed E-state index contributed by atoms with van der Waals surface area (Å²) in [5, 5.41) is 0. The summed E-state index contributed by atoms with van der Waals surface area (Å²) in [5.41, 5.74) is 2.19. The van der Waals surface area contributed by atoms with Crippen LogP contribution in [0.15, 0.2) is 115 Å². The van der Waals surface area contributed by atoms with Gasteiger partial charge in [-0.15, -0.1) is 0 Å². The number of imide groups is 3. The number of ether oxygens (including phenoxy) is 1. The molecule has 6 amide bonds. The SMILES string of the molecule is O=C1c2ccccc2C(=O)N1c1cccc(Oc2ccc3c(c2)C(=O)N(c2cccc(N4C(=O)c5ccccc5C4=O)c2)C3=O)c1. The van der Waals surface area contributed by atoms with Gasteiger partial charge < -0.3 is 4.74 Å². The fraction of sp³-hybridized carbons (Fsp3) is 0.